The highest BCUT2D eigenvalue weighted by Crippen LogP contribution is 2.22. The van der Waals surface area contributed by atoms with Crippen LogP contribution in [0.1, 0.15) is 23.1 Å². The van der Waals surface area contributed by atoms with Gasteiger partial charge in [0, 0.05) is 4.47 Å². The van der Waals surface area contributed by atoms with E-state index in [-0.39, 0.29) is 0 Å². The van der Waals surface area contributed by atoms with E-state index in [1.54, 1.807) is 0 Å². The van der Waals surface area contributed by atoms with Gasteiger partial charge in [-0.25, -0.2) is 0 Å². The molecule has 2 heteroatoms. The number of hydrogen-bond donors (Lipinski definition) is 1. The summed E-state index contributed by atoms with van der Waals surface area (Å²) in [6.45, 7) is 5.04. The molecule has 0 fully saturated rings. The van der Waals surface area contributed by atoms with Crippen LogP contribution < -0.4 is 5.73 Å². The SMILES string of the molecule is Cc1cc(Br)c(CCCN)cc1C. The molecule has 0 aliphatic heterocycles. The third-order valence-electron chi connectivity index (χ3n) is 2.31. The minimum Gasteiger partial charge on any atom is -0.330 e. The minimum atomic E-state index is 0.763. The van der Waals surface area contributed by atoms with Crippen molar-refractivity contribution in [1.82, 2.24) is 0 Å². The first kappa shape index (κ1) is 10.7. The monoisotopic (exact) mass is 241 g/mol. The molecule has 0 aromatic heterocycles. The summed E-state index contributed by atoms with van der Waals surface area (Å²) in [7, 11) is 0. The predicted molar refractivity (Wildman–Crippen MR) is 61.0 cm³/mol. The molecule has 0 spiro atoms. The van der Waals surface area contributed by atoms with Gasteiger partial charge < -0.3 is 5.73 Å². The molecule has 1 aromatic carbocycles. The number of hydrogen-bond acceptors (Lipinski definition) is 1. The standard InChI is InChI=1S/C11H16BrN/c1-8-6-10(4-3-5-13)11(12)7-9(8)2/h6-7H,3-5,13H2,1-2H3. The summed E-state index contributed by atoms with van der Waals surface area (Å²) in [4.78, 5) is 0. The van der Waals surface area contributed by atoms with Crippen molar-refractivity contribution in [2.75, 3.05) is 6.54 Å². The van der Waals surface area contributed by atoms with Crippen molar-refractivity contribution in [2.45, 2.75) is 26.7 Å². The van der Waals surface area contributed by atoms with Gasteiger partial charge >= 0.3 is 0 Å². The maximum Gasteiger partial charge on any atom is 0.0210 e. The third kappa shape index (κ3) is 2.82. The Morgan fingerprint density at radius 2 is 1.85 bits per heavy atom. The lowest BCUT2D eigenvalue weighted by Gasteiger charge is -2.07. The molecule has 1 rings (SSSR count). The van der Waals surface area contributed by atoms with Crippen LogP contribution in [0.2, 0.25) is 0 Å². The molecular formula is C11H16BrN. The minimum absolute atomic E-state index is 0.763. The van der Waals surface area contributed by atoms with Gasteiger partial charge in [-0.05, 0) is 56.0 Å². The molecule has 0 aliphatic carbocycles. The number of benzene rings is 1. The van der Waals surface area contributed by atoms with Gasteiger partial charge in [0.2, 0.25) is 0 Å². The van der Waals surface area contributed by atoms with Gasteiger partial charge in [-0.1, -0.05) is 22.0 Å². The molecule has 0 amide bonds. The summed E-state index contributed by atoms with van der Waals surface area (Å²) in [5, 5.41) is 0. The van der Waals surface area contributed by atoms with E-state index in [0.717, 1.165) is 19.4 Å². The molecule has 0 bridgehead atoms. The topological polar surface area (TPSA) is 26.0 Å². The summed E-state index contributed by atoms with van der Waals surface area (Å²) in [5.41, 5.74) is 9.54. The van der Waals surface area contributed by atoms with Crippen molar-refractivity contribution in [2.24, 2.45) is 5.73 Å². The van der Waals surface area contributed by atoms with Crippen LogP contribution in [0, 0.1) is 13.8 Å². The van der Waals surface area contributed by atoms with E-state index in [1.165, 1.54) is 21.2 Å². The zero-order valence-electron chi connectivity index (χ0n) is 8.23. The highest BCUT2D eigenvalue weighted by atomic mass is 79.9. The second kappa shape index (κ2) is 4.77. The zero-order valence-corrected chi connectivity index (χ0v) is 9.82. The zero-order chi connectivity index (χ0) is 9.84. The van der Waals surface area contributed by atoms with Gasteiger partial charge in [0.05, 0.1) is 0 Å². The number of rotatable bonds is 3. The predicted octanol–water partition coefficient (Wildman–Crippen LogP) is 2.96. The van der Waals surface area contributed by atoms with E-state index in [0.29, 0.717) is 0 Å². The third-order valence-corrected chi connectivity index (χ3v) is 3.05. The summed E-state index contributed by atoms with van der Waals surface area (Å²) >= 11 is 3.57. The summed E-state index contributed by atoms with van der Waals surface area (Å²) < 4.78 is 1.21. The molecule has 0 aliphatic rings. The number of halogens is 1. The quantitative estimate of drug-likeness (QED) is 0.866. The van der Waals surface area contributed by atoms with Gasteiger partial charge in [-0.2, -0.15) is 0 Å². The van der Waals surface area contributed by atoms with Gasteiger partial charge in [0.1, 0.15) is 0 Å². The molecule has 1 aromatic rings. The Hall–Kier alpha value is -0.340. The molecule has 13 heavy (non-hydrogen) atoms. The van der Waals surface area contributed by atoms with E-state index >= 15 is 0 Å². The first-order chi connectivity index (χ1) is 6.15. The van der Waals surface area contributed by atoms with Gasteiger partial charge in [0.25, 0.3) is 0 Å². The maximum absolute atomic E-state index is 5.48. The first-order valence-electron chi connectivity index (χ1n) is 4.61. The van der Waals surface area contributed by atoms with Crippen LogP contribution >= 0.6 is 15.9 Å². The van der Waals surface area contributed by atoms with Crippen LogP contribution in [-0.4, -0.2) is 6.54 Å². The lowest BCUT2D eigenvalue weighted by atomic mass is 10.0. The van der Waals surface area contributed by atoms with Crippen LogP contribution in [0.25, 0.3) is 0 Å². The van der Waals surface area contributed by atoms with Crippen LogP contribution in [0.4, 0.5) is 0 Å². The number of aryl methyl sites for hydroxylation is 3. The van der Waals surface area contributed by atoms with Crippen molar-refractivity contribution in [1.29, 1.82) is 0 Å². The van der Waals surface area contributed by atoms with E-state index in [9.17, 15) is 0 Å². The van der Waals surface area contributed by atoms with Gasteiger partial charge in [-0.15, -0.1) is 0 Å². The lowest BCUT2D eigenvalue weighted by molar-refractivity contribution is 0.828. The van der Waals surface area contributed by atoms with Crippen LogP contribution in [0.5, 0.6) is 0 Å². The Morgan fingerprint density at radius 3 is 2.46 bits per heavy atom. The fourth-order valence-electron chi connectivity index (χ4n) is 1.32. The Bertz CT molecular complexity index is 294. The maximum atomic E-state index is 5.48. The van der Waals surface area contributed by atoms with E-state index in [4.69, 9.17) is 5.73 Å². The number of nitrogens with two attached hydrogens (primary N) is 1. The second-order valence-electron chi connectivity index (χ2n) is 3.42. The highest BCUT2D eigenvalue weighted by molar-refractivity contribution is 9.10. The molecule has 0 atom stereocenters. The van der Waals surface area contributed by atoms with E-state index in [1.807, 2.05) is 0 Å². The highest BCUT2D eigenvalue weighted by Gasteiger charge is 2.02. The molecule has 0 heterocycles. The summed E-state index contributed by atoms with van der Waals surface area (Å²) in [6.07, 6.45) is 2.12. The second-order valence-corrected chi connectivity index (χ2v) is 4.27. The van der Waals surface area contributed by atoms with E-state index < -0.39 is 0 Å². The fourth-order valence-corrected chi connectivity index (χ4v) is 1.98. The van der Waals surface area contributed by atoms with Crippen molar-refractivity contribution in [3.05, 3.63) is 33.3 Å². The first-order valence-corrected chi connectivity index (χ1v) is 5.40. The van der Waals surface area contributed by atoms with Gasteiger partial charge in [-0.3, -0.25) is 0 Å². The van der Waals surface area contributed by atoms with Crippen LogP contribution in [0.15, 0.2) is 16.6 Å². The molecule has 0 unspecified atom stereocenters. The normalized spacial score (nSPS) is 10.5. The fraction of sp³-hybridized carbons (Fsp3) is 0.455. The van der Waals surface area contributed by atoms with Gasteiger partial charge in [0.15, 0.2) is 0 Å². The molecule has 0 saturated carbocycles. The Balaban J connectivity index is 2.88. The largest absolute Gasteiger partial charge is 0.330 e. The molecule has 1 nitrogen and oxygen atoms in total. The molecule has 72 valence electrons. The molecule has 2 N–H and O–H groups in total. The Morgan fingerprint density at radius 1 is 1.23 bits per heavy atom. The Kier molecular flexibility index (Phi) is 3.94. The average Bonchev–Trinajstić information content (AvgIpc) is 2.09. The smallest absolute Gasteiger partial charge is 0.0210 e. The van der Waals surface area contributed by atoms with Crippen molar-refractivity contribution < 1.29 is 0 Å². The van der Waals surface area contributed by atoms with E-state index in [2.05, 4.69) is 41.9 Å². The lowest BCUT2D eigenvalue weighted by Crippen LogP contribution is -2.01. The molecule has 0 saturated heterocycles. The Labute approximate surface area is 88.5 Å². The summed E-state index contributed by atoms with van der Waals surface area (Å²) in [5.74, 6) is 0. The molecule has 0 radical (unpaired) electrons. The van der Waals surface area contributed by atoms with Crippen LogP contribution in [-0.2, 0) is 6.42 Å². The average molecular weight is 242 g/mol. The summed E-state index contributed by atoms with van der Waals surface area (Å²) in [6, 6.07) is 4.43. The van der Waals surface area contributed by atoms with Crippen molar-refractivity contribution >= 4 is 15.9 Å². The molecular weight excluding hydrogens is 226 g/mol. The van der Waals surface area contributed by atoms with Crippen LogP contribution in [0.3, 0.4) is 0 Å². The van der Waals surface area contributed by atoms with Crippen molar-refractivity contribution in [3.8, 4) is 0 Å². The van der Waals surface area contributed by atoms with Crippen molar-refractivity contribution in [3.63, 3.8) is 0 Å².